The minimum atomic E-state index is -0.475. The van der Waals surface area contributed by atoms with Crippen LogP contribution in [0.5, 0.6) is 0 Å². The van der Waals surface area contributed by atoms with Crippen LogP contribution in [-0.2, 0) is 5.75 Å². The molecule has 0 aliphatic carbocycles. The predicted octanol–water partition coefficient (Wildman–Crippen LogP) is 4.23. The van der Waals surface area contributed by atoms with Crippen molar-refractivity contribution in [1.82, 2.24) is 0 Å². The van der Waals surface area contributed by atoms with Gasteiger partial charge < -0.3 is 5.73 Å². The Kier molecular flexibility index (Phi) is 4.31. The third-order valence-corrected chi connectivity index (χ3v) is 4.08. The number of thioether (sulfide) groups is 1. The highest BCUT2D eigenvalue weighted by molar-refractivity contribution is 7.98. The van der Waals surface area contributed by atoms with Gasteiger partial charge in [-0.15, -0.1) is 11.8 Å². The number of hydrogen-bond acceptors (Lipinski definition) is 3. The summed E-state index contributed by atoms with van der Waals surface area (Å²) in [6.07, 6.45) is 0. The summed E-state index contributed by atoms with van der Waals surface area (Å²) in [6, 6.07) is 11.8. The SMILES string of the molecule is N#Cc1cccc(CSc2cc(N)ccc2Cl)c1F. The number of nitriles is 1. The molecular weight excluding hydrogens is 283 g/mol. The molecule has 0 atom stereocenters. The monoisotopic (exact) mass is 292 g/mol. The van der Waals surface area contributed by atoms with Crippen molar-refractivity contribution in [2.45, 2.75) is 10.6 Å². The number of halogens is 2. The topological polar surface area (TPSA) is 49.8 Å². The van der Waals surface area contributed by atoms with Gasteiger partial charge in [-0.2, -0.15) is 5.26 Å². The number of nitrogens with zero attached hydrogens (tertiary/aromatic N) is 1. The Labute approximate surface area is 120 Å². The van der Waals surface area contributed by atoms with Gasteiger partial charge >= 0.3 is 0 Å². The van der Waals surface area contributed by atoms with Crippen molar-refractivity contribution < 1.29 is 4.39 Å². The summed E-state index contributed by atoms with van der Waals surface area (Å²) in [5.41, 5.74) is 6.82. The molecule has 0 fully saturated rings. The van der Waals surface area contributed by atoms with Crippen LogP contribution in [0.1, 0.15) is 11.1 Å². The lowest BCUT2D eigenvalue weighted by Gasteiger charge is -2.07. The molecule has 5 heteroatoms. The maximum Gasteiger partial charge on any atom is 0.144 e. The molecule has 0 amide bonds. The molecule has 0 radical (unpaired) electrons. The fourth-order valence-corrected chi connectivity index (χ4v) is 2.80. The van der Waals surface area contributed by atoms with E-state index in [2.05, 4.69) is 0 Å². The molecule has 2 nitrogen and oxygen atoms in total. The van der Waals surface area contributed by atoms with Crippen LogP contribution in [0.3, 0.4) is 0 Å². The molecule has 0 heterocycles. The zero-order valence-electron chi connectivity index (χ0n) is 9.86. The summed E-state index contributed by atoms with van der Waals surface area (Å²) in [5.74, 6) is -0.0811. The molecule has 2 aromatic rings. The normalized spacial score (nSPS) is 10.2. The summed E-state index contributed by atoms with van der Waals surface area (Å²) < 4.78 is 13.9. The molecule has 0 aromatic heterocycles. The minimum Gasteiger partial charge on any atom is -0.399 e. The van der Waals surface area contributed by atoms with E-state index in [-0.39, 0.29) is 5.56 Å². The zero-order chi connectivity index (χ0) is 13.8. The maximum atomic E-state index is 13.9. The summed E-state index contributed by atoms with van der Waals surface area (Å²) in [7, 11) is 0. The van der Waals surface area contributed by atoms with E-state index in [1.165, 1.54) is 17.8 Å². The Morgan fingerprint density at radius 2 is 2.11 bits per heavy atom. The maximum absolute atomic E-state index is 13.9. The van der Waals surface area contributed by atoms with Crippen molar-refractivity contribution in [3.63, 3.8) is 0 Å². The quantitative estimate of drug-likeness (QED) is 0.680. The third-order valence-electron chi connectivity index (χ3n) is 2.54. The van der Waals surface area contributed by atoms with Gasteiger partial charge in [-0.25, -0.2) is 4.39 Å². The third kappa shape index (κ3) is 3.19. The Hall–Kier alpha value is -1.70. The van der Waals surface area contributed by atoms with E-state index in [0.29, 0.717) is 22.0 Å². The van der Waals surface area contributed by atoms with Crippen molar-refractivity contribution in [3.05, 3.63) is 58.4 Å². The van der Waals surface area contributed by atoms with Crippen LogP contribution in [0, 0.1) is 17.1 Å². The number of hydrogen-bond donors (Lipinski definition) is 1. The number of benzene rings is 2. The first-order valence-electron chi connectivity index (χ1n) is 5.47. The molecular formula is C14H10ClFN2S. The second kappa shape index (κ2) is 5.96. The van der Waals surface area contributed by atoms with Gasteiger partial charge in [0.1, 0.15) is 11.9 Å². The molecule has 0 saturated carbocycles. The van der Waals surface area contributed by atoms with Crippen molar-refractivity contribution in [2.75, 3.05) is 5.73 Å². The molecule has 2 rings (SSSR count). The lowest BCUT2D eigenvalue weighted by molar-refractivity contribution is 0.613. The molecule has 0 unspecified atom stereocenters. The first-order valence-corrected chi connectivity index (χ1v) is 6.83. The average molecular weight is 293 g/mol. The van der Waals surface area contributed by atoms with Gasteiger partial charge in [-0.1, -0.05) is 23.7 Å². The van der Waals surface area contributed by atoms with Crippen LogP contribution in [0.4, 0.5) is 10.1 Å². The van der Waals surface area contributed by atoms with Crippen LogP contribution >= 0.6 is 23.4 Å². The van der Waals surface area contributed by atoms with Crippen molar-refractivity contribution in [2.24, 2.45) is 0 Å². The molecule has 2 N–H and O–H groups in total. The summed E-state index contributed by atoms with van der Waals surface area (Å²) in [4.78, 5) is 0.795. The highest BCUT2D eigenvalue weighted by Crippen LogP contribution is 2.32. The van der Waals surface area contributed by atoms with Crippen LogP contribution < -0.4 is 5.73 Å². The molecule has 19 heavy (non-hydrogen) atoms. The van der Waals surface area contributed by atoms with E-state index in [1.807, 2.05) is 6.07 Å². The van der Waals surface area contributed by atoms with Gasteiger partial charge in [0, 0.05) is 16.3 Å². The Morgan fingerprint density at radius 3 is 2.84 bits per heavy atom. The van der Waals surface area contributed by atoms with E-state index in [1.54, 1.807) is 30.3 Å². The number of anilines is 1. The average Bonchev–Trinajstić information content (AvgIpc) is 2.41. The highest BCUT2D eigenvalue weighted by atomic mass is 35.5. The van der Waals surface area contributed by atoms with Gasteiger partial charge in [0.2, 0.25) is 0 Å². The molecule has 0 aliphatic heterocycles. The summed E-state index contributed by atoms with van der Waals surface area (Å²) in [5, 5.41) is 9.35. The standard InChI is InChI=1S/C14H10ClFN2S/c15-12-5-4-11(18)6-13(12)19-8-10-3-1-2-9(7-17)14(10)16/h1-6H,8,18H2. The number of nitrogen functional groups attached to an aromatic ring is 1. The Bertz CT molecular complexity index is 652. The highest BCUT2D eigenvalue weighted by Gasteiger charge is 2.09. The molecule has 0 aliphatic rings. The van der Waals surface area contributed by atoms with Gasteiger partial charge in [-0.05, 0) is 29.8 Å². The van der Waals surface area contributed by atoms with E-state index >= 15 is 0 Å². The number of rotatable bonds is 3. The lowest BCUT2D eigenvalue weighted by atomic mass is 10.1. The Morgan fingerprint density at radius 1 is 1.32 bits per heavy atom. The minimum absolute atomic E-state index is 0.0526. The van der Waals surface area contributed by atoms with Crippen LogP contribution in [-0.4, -0.2) is 0 Å². The fourth-order valence-electron chi connectivity index (χ4n) is 1.56. The predicted molar refractivity (Wildman–Crippen MR) is 76.5 cm³/mol. The first kappa shape index (κ1) is 13.7. The second-order valence-electron chi connectivity index (χ2n) is 3.87. The van der Waals surface area contributed by atoms with Crippen molar-refractivity contribution in [1.29, 1.82) is 5.26 Å². The lowest BCUT2D eigenvalue weighted by Crippen LogP contribution is -1.92. The molecule has 2 aromatic carbocycles. The van der Waals surface area contributed by atoms with Crippen LogP contribution in [0.25, 0.3) is 0 Å². The largest absolute Gasteiger partial charge is 0.399 e. The van der Waals surface area contributed by atoms with Gasteiger partial charge in [-0.3, -0.25) is 0 Å². The molecule has 0 saturated heterocycles. The van der Waals surface area contributed by atoms with E-state index in [0.717, 1.165) is 4.90 Å². The Balaban J connectivity index is 2.20. The fraction of sp³-hybridized carbons (Fsp3) is 0.0714. The van der Waals surface area contributed by atoms with Gasteiger partial charge in [0.15, 0.2) is 0 Å². The smallest absolute Gasteiger partial charge is 0.144 e. The first-order chi connectivity index (χ1) is 9.11. The molecule has 0 bridgehead atoms. The van der Waals surface area contributed by atoms with E-state index < -0.39 is 5.82 Å². The van der Waals surface area contributed by atoms with Gasteiger partial charge in [0.25, 0.3) is 0 Å². The summed E-state index contributed by atoms with van der Waals surface area (Å²) >= 11 is 7.42. The molecule has 96 valence electrons. The van der Waals surface area contributed by atoms with Crippen LogP contribution in [0.15, 0.2) is 41.3 Å². The summed E-state index contributed by atoms with van der Waals surface area (Å²) in [6.45, 7) is 0. The van der Waals surface area contributed by atoms with E-state index in [4.69, 9.17) is 22.6 Å². The molecule has 0 spiro atoms. The number of nitrogens with two attached hydrogens (primary N) is 1. The second-order valence-corrected chi connectivity index (χ2v) is 5.29. The van der Waals surface area contributed by atoms with Crippen LogP contribution in [0.2, 0.25) is 5.02 Å². The van der Waals surface area contributed by atoms with Gasteiger partial charge in [0.05, 0.1) is 10.6 Å². The van der Waals surface area contributed by atoms with E-state index in [9.17, 15) is 4.39 Å². The van der Waals surface area contributed by atoms with Crippen molar-refractivity contribution >= 4 is 29.1 Å². The van der Waals surface area contributed by atoms with Crippen molar-refractivity contribution in [3.8, 4) is 6.07 Å². The zero-order valence-corrected chi connectivity index (χ0v) is 11.4.